The van der Waals surface area contributed by atoms with Crippen molar-refractivity contribution in [2.45, 2.75) is 25.5 Å². The van der Waals surface area contributed by atoms with E-state index in [1.165, 1.54) is 19.2 Å². The molecule has 0 radical (unpaired) electrons. The Bertz CT molecular complexity index is 462. The summed E-state index contributed by atoms with van der Waals surface area (Å²) < 4.78 is 23.7. The Balaban J connectivity index is 1.73. The SMILES string of the molecule is COc1ccc(CNC(=O)NCC2CCCO2)cc1F. The summed E-state index contributed by atoms with van der Waals surface area (Å²) in [4.78, 5) is 11.6. The molecule has 1 heterocycles. The number of carbonyl (C=O) groups excluding carboxylic acids is 1. The van der Waals surface area contributed by atoms with Gasteiger partial charge in [-0.25, -0.2) is 9.18 Å². The maximum atomic E-state index is 13.5. The van der Waals surface area contributed by atoms with Crippen LogP contribution in [-0.4, -0.2) is 32.4 Å². The molecule has 0 aromatic heterocycles. The third kappa shape index (κ3) is 4.09. The third-order valence-electron chi connectivity index (χ3n) is 3.18. The molecule has 1 aromatic carbocycles. The highest BCUT2D eigenvalue weighted by Crippen LogP contribution is 2.17. The summed E-state index contributed by atoms with van der Waals surface area (Å²) in [7, 11) is 1.41. The Morgan fingerprint density at radius 1 is 1.50 bits per heavy atom. The quantitative estimate of drug-likeness (QED) is 0.866. The molecule has 0 saturated carbocycles. The highest BCUT2D eigenvalue weighted by molar-refractivity contribution is 5.73. The summed E-state index contributed by atoms with van der Waals surface area (Å²) >= 11 is 0. The number of benzene rings is 1. The molecule has 5 nitrogen and oxygen atoms in total. The van der Waals surface area contributed by atoms with Gasteiger partial charge in [0.2, 0.25) is 0 Å². The maximum absolute atomic E-state index is 13.5. The number of methoxy groups -OCH3 is 1. The van der Waals surface area contributed by atoms with Crippen molar-refractivity contribution in [3.8, 4) is 5.75 Å². The van der Waals surface area contributed by atoms with Crippen LogP contribution in [0.15, 0.2) is 18.2 Å². The van der Waals surface area contributed by atoms with Gasteiger partial charge >= 0.3 is 6.03 Å². The molecule has 20 heavy (non-hydrogen) atoms. The van der Waals surface area contributed by atoms with E-state index in [0.717, 1.165) is 19.4 Å². The Morgan fingerprint density at radius 2 is 2.35 bits per heavy atom. The number of hydrogen-bond donors (Lipinski definition) is 2. The van der Waals surface area contributed by atoms with E-state index in [9.17, 15) is 9.18 Å². The first-order chi connectivity index (χ1) is 9.69. The Hall–Kier alpha value is -1.82. The van der Waals surface area contributed by atoms with Crippen LogP contribution >= 0.6 is 0 Å². The van der Waals surface area contributed by atoms with E-state index in [2.05, 4.69) is 10.6 Å². The van der Waals surface area contributed by atoms with Crippen molar-refractivity contribution in [1.82, 2.24) is 10.6 Å². The Kier molecular flexibility index (Phi) is 5.17. The first-order valence-corrected chi connectivity index (χ1v) is 6.65. The van der Waals surface area contributed by atoms with E-state index in [-0.39, 0.29) is 24.4 Å². The van der Waals surface area contributed by atoms with Crippen LogP contribution in [0.1, 0.15) is 18.4 Å². The summed E-state index contributed by atoms with van der Waals surface area (Å²) in [6, 6.07) is 4.31. The summed E-state index contributed by atoms with van der Waals surface area (Å²) in [5.41, 5.74) is 0.676. The summed E-state index contributed by atoms with van der Waals surface area (Å²) in [6.45, 7) is 1.53. The minimum atomic E-state index is -0.438. The Morgan fingerprint density at radius 3 is 3.00 bits per heavy atom. The fourth-order valence-electron chi connectivity index (χ4n) is 2.08. The second-order valence-corrected chi connectivity index (χ2v) is 4.67. The Labute approximate surface area is 117 Å². The van der Waals surface area contributed by atoms with Gasteiger partial charge in [0.05, 0.1) is 13.2 Å². The number of halogens is 1. The first kappa shape index (κ1) is 14.6. The van der Waals surface area contributed by atoms with Crippen LogP contribution in [0.5, 0.6) is 5.75 Å². The van der Waals surface area contributed by atoms with Crippen LogP contribution in [0, 0.1) is 5.82 Å². The van der Waals surface area contributed by atoms with Gasteiger partial charge in [-0.3, -0.25) is 0 Å². The molecule has 1 aliphatic rings. The molecule has 0 aliphatic carbocycles. The molecular formula is C14H19FN2O3. The molecule has 1 aromatic rings. The second kappa shape index (κ2) is 7.09. The predicted octanol–water partition coefficient (Wildman–Crippen LogP) is 1.81. The zero-order chi connectivity index (χ0) is 14.4. The van der Waals surface area contributed by atoms with E-state index in [4.69, 9.17) is 9.47 Å². The van der Waals surface area contributed by atoms with Gasteiger partial charge in [-0.2, -0.15) is 0 Å². The molecule has 2 rings (SSSR count). The first-order valence-electron chi connectivity index (χ1n) is 6.65. The molecule has 0 spiro atoms. The molecule has 2 N–H and O–H groups in total. The minimum absolute atomic E-state index is 0.110. The average Bonchev–Trinajstić information content (AvgIpc) is 2.96. The summed E-state index contributed by atoms with van der Waals surface area (Å²) in [6.07, 6.45) is 2.13. The maximum Gasteiger partial charge on any atom is 0.315 e. The van der Waals surface area contributed by atoms with E-state index in [0.29, 0.717) is 12.1 Å². The molecule has 1 aliphatic heterocycles. The molecular weight excluding hydrogens is 263 g/mol. The van der Waals surface area contributed by atoms with E-state index in [1.54, 1.807) is 6.07 Å². The number of urea groups is 1. The number of amides is 2. The summed E-state index contributed by atoms with van der Waals surface area (Å²) in [5, 5.41) is 5.41. The van der Waals surface area contributed by atoms with Crippen LogP contribution in [0.25, 0.3) is 0 Å². The number of nitrogens with one attached hydrogen (secondary N) is 2. The van der Waals surface area contributed by atoms with Crippen molar-refractivity contribution in [1.29, 1.82) is 0 Å². The predicted molar refractivity (Wildman–Crippen MR) is 72.2 cm³/mol. The van der Waals surface area contributed by atoms with Gasteiger partial charge in [-0.05, 0) is 30.5 Å². The largest absolute Gasteiger partial charge is 0.494 e. The van der Waals surface area contributed by atoms with Crippen LogP contribution < -0.4 is 15.4 Å². The van der Waals surface area contributed by atoms with Crippen LogP contribution in [0.2, 0.25) is 0 Å². The number of rotatable bonds is 5. The van der Waals surface area contributed by atoms with Crippen LogP contribution in [-0.2, 0) is 11.3 Å². The lowest BCUT2D eigenvalue weighted by atomic mass is 10.2. The van der Waals surface area contributed by atoms with Crippen LogP contribution in [0.3, 0.4) is 0 Å². The van der Waals surface area contributed by atoms with E-state index < -0.39 is 5.82 Å². The van der Waals surface area contributed by atoms with Gasteiger partial charge in [-0.15, -0.1) is 0 Å². The highest BCUT2D eigenvalue weighted by Gasteiger charge is 2.15. The molecule has 1 saturated heterocycles. The summed E-state index contributed by atoms with van der Waals surface area (Å²) in [5.74, 6) is -0.247. The standard InChI is InChI=1S/C14H19FN2O3/c1-19-13-5-4-10(7-12(13)15)8-16-14(18)17-9-11-3-2-6-20-11/h4-5,7,11H,2-3,6,8-9H2,1H3,(H2,16,17,18). The second-order valence-electron chi connectivity index (χ2n) is 4.67. The lowest BCUT2D eigenvalue weighted by Crippen LogP contribution is -2.39. The molecule has 0 bridgehead atoms. The topological polar surface area (TPSA) is 59.6 Å². The fourth-order valence-corrected chi connectivity index (χ4v) is 2.08. The molecule has 110 valence electrons. The van der Waals surface area contributed by atoms with Crippen molar-refractivity contribution in [3.05, 3.63) is 29.6 Å². The zero-order valence-electron chi connectivity index (χ0n) is 11.4. The fraction of sp³-hybridized carbons (Fsp3) is 0.500. The minimum Gasteiger partial charge on any atom is -0.494 e. The number of ether oxygens (including phenoxy) is 2. The highest BCUT2D eigenvalue weighted by atomic mass is 19.1. The van der Waals surface area contributed by atoms with Crippen molar-refractivity contribution in [2.75, 3.05) is 20.3 Å². The third-order valence-corrected chi connectivity index (χ3v) is 3.18. The van der Waals surface area contributed by atoms with E-state index >= 15 is 0 Å². The van der Waals surface area contributed by atoms with Crippen molar-refractivity contribution >= 4 is 6.03 Å². The van der Waals surface area contributed by atoms with Crippen LogP contribution in [0.4, 0.5) is 9.18 Å². The molecule has 6 heteroatoms. The van der Waals surface area contributed by atoms with E-state index in [1.807, 2.05) is 0 Å². The van der Waals surface area contributed by atoms with Gasteiger partial charge in [0.1, 0.15) is 0 Å². The van der Waals surface area contributed by atoms with Gasteiger partial charge in [0.15, 0.2) is 11.6 Å². The molecule has 1 fully saturated rings. The molecule has 1 unspecified atom stereocenters. The van der Waals surface area contributed by atoms with Gasteiger partial charge in [0, 0.05) is 19.7 Å². The monoisotopic (exact) mass is 282 g/mol. The van der Waals surface area contributed by atoms with Crippen molar-refractivity contribution in [2.24, 2.45) is 0 Å². The van der Waals surface area contributed by atoms with Crippen molar-refractivity contribution in [3.63, 3.8) is 0 Å². The number of hydrogen-bond acceptors (Lipinski definition) is 3. The normalized spacial score (nSPS) is 17.8. The van der Waals surface area contributed by atoms with Crippen molar-refractivity contribution < 1.29 is 18.7 Å². The van der Waals surface area contributed by atoms with Gasteiger partial charge in [0.25, 0.3) is 0 Å². The smallest absolute Gasteiger partial charge is 0.315 e. The van der Waals surface area contributed by atoms with Gasteiger partial charge < -0.3 is 20.1 Å². The molecule has 2 amide bonds. The zero-order valence-corrected chi connectivity index (χ0v) is 11.4. The lowest BCUT2D eigenvalue weighted by Gasteiger charge is -2.12. The van der Waals surface area contributed by atoms with Gasteiger partial charge in [-0.1, -0.05) is 6.07 Å². The lowest BCUT2D eigenvalue weighted by molar-refractivity contribution is 0.111. The average molecular weight is 282 g/mol. The molecule has 1 atom stereocenters. The number of carbonyl (C=O) groups is 1.